The van der Waals surface area contributed by atoms with Crippen molar-refractivity contribution in [2.45, 2.75) is 92.5 Å². The number of carbonyl (C=O) groups excluding carboxylic acids is 5. The standard InChI is InChI=1S/C37H49N9O13S2/c38-21(36(56)57)4-7-28(48)45-25(27(47)6-9-30(50)51)17-60-33(23-14-40-10-12-42-23)19-2-1-3-20(32(19)54)34(24-15-41-11-13-43-24)61-18-26(35(55)44-16-31(52)53)46-29(49)8-5-22(39)37(58)59/h10-15,19-22,25-26,33-34H,1-9,16-18,38-39H2,(H,44,55)(H,45,48)(H,46,49)(H,50,51)(H,52,53)(H,56,57)(H,58,59)/t19?,20?,21-,22+,25+,26+,33?,34?/m1/s1. The van der Waals surface area contributed by atoms with E-state index in [2.05, 4.69) is 35.9 Å². The van der Waals surface area contributed by atoms with Crippen molar-refractivity contribution < 1.29 is 63.6 Å². The molecule has 3 amide bonds. The van der Waals surface area contributed by atoms with E-state index >= 15 is 0 Å². The summed E-state index contributed by atoms with van der Waals surface area (Å²) in [6.45, 7) is -0.758. The van der Waals surface area contributed by atoms with Gasteiger partial charge in [-0.2, -0.15) is 0 Å². The van der Waals surface area contributed by atoms with Gasteiger partial charge in [0.25, 0.3) is 0 Å². The van der Waals surface area contributed by atoms with Crippen LogP contribution in [-0.2, 0) is 43.2 Å². The van der Waals surface area contributed by atoms with Gasteiger partial charge in [0.05, 0.1) is 34.4 Å². The molecule has 0 bridgehead atoms. The van der Waals surface area contributed by atoms with Crippen molar-refractivity contribution in [1.82, 2.24) is 35.9 Å². The molecule has 2 aromatic heterocycles. The number of amides is 3. The molecular formula is C37H49N9O13S2. The molecule has 332 valence electrons. The number of Topliss-reactive ketones (excluding diaryl/α,β-unsaturated/α-hetero) is 2. The summed E-state index contributed by atoms with van der Waals surface area (Å²) in [4.78, 5) is 129. The third kappa shape index (κ3) is 16.8. The molecule has 0 radical (unpaired) electrons. The molecule has 2 heterocycles. The maximum Gasteiger partial charge on any atom is 0.322 e. The average molecular weight is 892 g/mol. The van der Waals surface area contributed by atoms with Crippen LogP contribution < -0.4 is 27.4 Å². The quantitative estimate of drug-likeness (QED) is 0.0545. The van der Waals surface area contributed by atoms with Gasteiger partial charge in [0.1, 0.15) is 30.5 Å². The summed E-state index contributed by atoms with van der Waals surface area (Å²) in [5.74, 6) is -10.2. The highest BCUT2D eigenvalue weighted by molar-refractivity contribution is 7.99. The molecule has 0 saturated heterocycles. The lowest BCUT2D eigenvalue weighted by Gasteiger charge is -2.36. The summed E-state index contributed by atoms with van der Waals surface area (Å²) in [6.07, 6.45) is 7.78. The van der Waals surface area contributed by atoms with Gasteiger partial charge in [-0.1, -0.05) is 6.42 Å². The molecule has 8 atom stereocenters. The van der Waals surface area contributed by atoms with Crippen LogP contribution in [0, 0.1) is 11.8 Å². The minimum atomic E-state index is -1.34. The number of ketones is 2. The van der Waals surface area contributed by atoms with Crippen LogP contribution in [-0.4, -0.2) is 136 Å². The van der Waals surface area contributed by atoms with E-state index < -0.39 is 113 Å². The average Bonchev–Trinajstić information content (AvgIpc) is 3.23. The highest BCUT2D eigenvalue weighted by Gasteiger charge is 2.43. The third-order valence-corrected chi connectivity index (χ3v) is 12.4. The van der Waals surface area contributed by atoms with Gasteiger partial charge in [-0.05, 0) is 25.7 Å². The van der Waals surface area contributed by atoms with Crippen molar-refractivity contribution in [1.29, 1.82) is 0 Å². The fourth-order valence-corrected chi connectivity index (χ4v) is 9.18. The number of rotatable bonds is 27. The Kier molecular flexibility index (Phi) is 20.6. The van der Waals surface area contributed by atoms with Crippen molar-refractivity contribution in [3.05, 3.63) is 48.6 Å². The molecule has 1 aliphatic rings. The summed E-state index contributed by atoms with van der Waals surface area (Å²) in [5.41, 5.74) is 11.8. The highest BCUT2D eigenvalue weighted by Crippen LogP contribution is 2.48. The molecule has 11 N–H and O–H groups in total. The molecule has 61 heavy (non-hydrogen) atoms. The number of carbonyl (C=O) groups is 9. The predicted molar refractivity (Wildman–Crippen MR) is 216 cm³/mol. The van der Waals surface area contributed by atoms with Crippen LogP contribution >= 0.6 is 23.5 Å². The zero-order valence-corrected chi connectivity index (χ0v) is 34.4. The van der Waals surface area contributed by atoms with Crippen LogP contribution in [0.3, 0.4) is 0 Å². The SMILES string of the molecule is N[C@H](CCC(=O)N[C@@H](CSC(c1cnccn1)C1CCCC(C(SC[C@H](NC(=O)CC[C@H](N)C(=O)O)C(=O)NCC(=O)O)c2cnccn2)C1=O)C(=O)CCC(=O)O)C(=O)O. The molecule has 1 aliphatic carbocycles. The van der Waals surface area contributed by atoms with Crippen LogP contribution in [0.4, 0.5) is 0 Å². The van der Waals surface area contributed by atoms with Gasteiger partial charge in [0.15, 0.2) is 5.78 Å². The highest BCUT2D eigenvalue weighted by atomic mass is 32.2. The Bertz CT molecular complexity index is 1740. The minimum Gasteiger partial charge on any atom is -0.481 e. The van der Waals surface area contributed by atoms with Gasteiger partial charge >= 0.3 is 23.9 Å². The number of carboxylic acids is 4. The molecule has 0 spiro atoms. The van der Waals surface area contributed by atoms with Crippen LogP contribution in [0.1, 0.15) is 79.7 Å². The first-order chi connectivity index (χ1) is 29.0. The Labute approximate surface area is 357 Å². The van der Waals surface area contributed by atoms with E-state index in [1.807, 2.05) is 0 Å². The lowest BCUT2D eigenvalue weighted by Crippen LogP contribution is -2.49. The zero-order chi connectivity index (χ0) is 45.1. The van der Waals surface area contributed by atoms with Crippen molar-refractivity contribution in [3.63, 3.8) is 0 Å². The smallest absolute Gasteiger partial charge is 0.322 e. The Hall–Kier alpha value is -5.59. The Morgan fingerprint density at radius 3 is 1.57 bits per heavy atom. The monoisotopic (exact) mass is 891 g/mol. The lowest BCUT2D eigenvalue weighted by atomic mass is 9.76. The van der Waals surface area contributed by atoms with Crippen LogP contribution in [0.15, 0.2) is 37.2 Å². The molecule has 2 aromatic rings. The molecule has 0 aromatic carbocycles. The van der Waals surface area contributed by atoms with Crippen LogP contribution in [0.25, 0.3) is 0 Å². The first kappa shape index (κ1) is 49.8. The number of nitrogens with two attached hydrogens (primary N) is 2. The first-order valence-electron chi connectivity index (χ1n) is 19.1. The van der Waals surface area contributed by atoms with Crippen LogP contribution in [0.5, 0.6) is 0 Å². The summed E-state index contributed by atoms with van der Waals surface area (Å²) < 4.78 is 0. The van der Waals surface area contributed by atoms with Gasteiger partial charge in [-0.25, -0.2) is 0 Å². The Balaban J connectivity index is 1.92. The number of hydrogen-bond donors (Lipinski definition) is 9. The first-order valence-corrected chi connectivity index (χ1v) is 21.2. The normalized spacial score (nSPS) is 18.0. The van der Waals surface area contributed by atoms with E-state index in [0.717, 1.165) is 23.5 Å². The van der Waals surface area contributed by atoms with E-state index in [0.29, 0.717) is 30.7 Å². The number of aliphatic carboxylic acids is 4. The van der Waals surface area contributed by atoms with Gasteiger partial charge in [0, 0.05) is 79.8 Å². The Morgan fingerprint density at radius 2 is 1.15 bits per heavy atom. The second kappa shape index (κ2) is 25.2. The fourth-order valence-electron chi connectivity index (χ4n) is 6.29. The largest absolute Gasteiger partial charge is 0.481 e. The zero-order valence-electron chi connectivity index (χ0n) is 32.8. The van der Waals surface area contributed by atoms with Crippen molar-refractivity contribution in [3.8, 4) is 0 Å². The molecule has 1 fully saturated rings. The van der Waals surface area contributed by atoms with Gasteiger partial charge in [-0.3, -0.25) is 63.1 Å². The topological polar surface area (TPSA) is 374 Å². The van der Waals surface area contributed by atoms with E-state index in [1.165, 1.54) is 37.2 Å². The summed E-state index contributed by atoms with van der Waals surface area (Å²) in [7, 11) is 0. The summed E-state index contributed by atoms with van der Waals surface area (Å²) >= 11 is 2.22. The van der Waals surface area contributed by atoms with Gasteiger partial charge in [0.2, 0.25) is 17.7 Å². The maximum absolute atomic E-state index is 14.8. The molecule has 22 nitrogen and oxygen atoms in total. The number of carboxylic acid groups (broad SMARTS) is 4. The van der Waals surface area contributed by atoms with E-state index in [9.17, 15) is 48.3 Å². The fraction of sp³-hybridized carbons (Fsp3) is 0.541. The second-order valence-electron chi connectivity index (χ2n) is 14.0. The molecule has 3 rings (SSSR count). The summed E-state index contributed by atoms with van der Waals surface area (Å²) in [5, 5.41) is 42.4. The van der Waals surface area contributed by atoms with Gasteiger partial charge < -0.3 is 47.8 Å². The number of nitrogens with one attached hydrogen (secondary N) is 3. The molecule has 1 saturated carbocycles. The molecule has 24 heteroatoms. The second-order valence-corrected chi connectivity index (χ2v) is 16.3. The van der Waals surface area contributed by atoms with E-state index in [1.54, 1.807) is 0 Å². The molecule has 4 unspecified atom stereocenters. The Morgan fingerprint density at radius 1 is 0.672 bits per heavy atom. The van der Waals surface area contributed by atoms with E-state index in [-0.39, 0.29) is 43.0 Å². The van der Waals surface area contributed by atoms with Crippen LogP contribution in [0.2, 0.25) is 0 Å². The van der Waals surface area contributed by atoms with Gasteiger partial charge in [-0.15, -0.1) is 23.5 Å². The molecular weight excluding hydrogens is 843 g/mol. The minimum absolute atomic E-state index is 0.128. The lowest BCUT2D eigenvalue weighted by molar-refractivity contribution is -0.140. The summed E-state index contributed by atoms with van der Waals surface area (Å²) in [6, 6.07) is -5.23. The number of nitrogens with zero attached hydrogens (tertiary/aromatic N) is 4. The van der Waals surface area contributed by atoms with Crippen molar-refractivity contribution >= 4 is 76.7 Å². The number of hydrogen-bond acceptors (Lipinski definition) is 17. The number of thioether (sulfide) groups is 2. The van der Waals surface area contributed by atoms with Crippen molar-refractivity contribution in [2.75, 3.05) is 18.1 Å². The predicted octanol–water partition coefficient (Wildman–Crippen LogP) is -0.511. The van der Waals surface area contributed by atoms with Crippen molar-refractivity contribution in [2.24, 2.45) is 23.3 Å². The maximum atomic E-state index is 14.8. The van der Waals surface area contributed by atoms with E-state index in [4.69, 9.17) is 26.8 Å². The third-order valence-electron chi connectivity index (χ3n) is 9.50. The molecule has 0 aliphatic heterocycles. The number of aromatic nitrogens is 4.